The molecule has 0 N–H and O–H groups in total. The summed E-state index contributed by atoms with van der Waals surface area (Å²) in [5.74, 6) is 0.685. The lowest BCUT2D eigenvalue weighted by molar-refractivity contribution is 0.306. The number of nitrogens with zero attached hydrogens (tertiary/aromatic N) is 1. The number of halogens is 1. The molecule has 0 aromatic rings. The minimum Gasteiger partial charge on any atom is -0.299 e. The molecule has 0 saturated heterocycles. The Labute approximate surface area is 62.3 Å². The quantitative estimate of drug-likeness (QED) is 0.433. The standard InChI is InChI=1S/C7H14ClN/c1-4-5-9(3)7(2)6-8/h4,7H,1,5-6H2,2-3H3. The fraction of sp³-hybridized carbons (Fsp3) is 0.714. The third kappa shape index (κ3) is 3.55. The molecule has 0 fully saturated rings. The molecule has 1 unspecified atom stereocenters. The summed E-state index contributed by atoms with van der Waals surface area (Å²) in [6.45, 7) is 6.64. The van der Waals surface area contributed by atoms with Gasteiger partial charge in [0, 0.05) is 18.5 Å². The van der Waals surface area contributed by atoms with E-state index in [1.165, 1.54) is 0 Å². The zero-order chi connectivity index (χ0) is 7.28. The minimum absolute atomic E-state index is 0.449. The van der Waals surface area contributed by atoms with Crippen LogP contribution in [0.25, 0.3) is 0 Å². The molecule has 2 heteroatoms. The Balaban J connectivity index is 3.44. The molecule has 0 rings (SSSR count). The highest BCUT2D eigenvalue weighted by atomic mass is 35.5. The van der Waals surface area contributed by atoms with Crippen molar-refractivity contribution >= 4 is 11.6 Å². The van der Waals surface area contributed by atoms with Crippen LogP contribution >= 0.6 is 11.6 Å². The van der Waals surface area contributed by atoms with Crippen molar-refractivity contribution in [2.24, 2.45) is 0 Å². The molecule has 0 aliphatic heterocycles. The second-order valence-corrected chi connectivity index (χ2v) is 2.54. The summed E-state index contributed by atoms with van der Waals surface area (Å²) in [6.07, 6.45) is 1.88. The van der Waals surface area contributed by atoms with Gasteiger partial charge in [-0.05, 0) is 14.0 Å². The van der Waals surface area contributed by atoms with E-state index in [-0.39, 0.29) is 0 Å². The average Bonchev–Trinajstić information content (AvgIpc) is 1.87. The molecule has 9 heavy (non-hydrogen) atoms. The molecular formula is C7H14ClN. The molecule has 0 amide bonds. The van der Waals surface area contributed by atoms with Crippen LogP contribution < -0.4 is 0 Å². The lowest BCUT2D eigenvalue weighted by Crippen LogP contribution is -2.30. The van der Waals surface area contributed by atoms with Crippen molar-refractivity contribution in [2.45, 2.75) is 13.0 Å². The maximum absolute atomic E-state index is 5.61. The summed E-state index contributed by atoms with van der Waals surface area (Å²) in [4.78, 5) is 2.15. The first-order valence-electron chi connectivity index (χ1n) is 3.09. The summed E-state index contributed by atoms with van der Waals surface area (Å²) in [7, 11) is 2.04. The summed E-state index contributed by atoms with van der Waals surface area (Å²) >= 11 is 5.61. The summed E-state index contributed by atoms with van der Waals surface area (Å²) in [5, 5.41) is 0. The van der Waals surface area contributed by atoms with Crippen LogP contribution in [-0.4, -0.2) is 30.4 Å². The molecule has 0 spiro atoms. The second kappa shape index (κ2) is 4.83. The van der Waals surface area contributed by atoms with E-state index in [1.54, 1.807) is 0 Å². The van der Waals surface area contributed by atoms with E-state index in [2.05, 4.69) is 18.4 Å². The molecule has 1 atom stereocenters. The van der Waals surface area contributed by atoms with Crippen molar-refractivity contribution in [3.8, 4) is 0 Å². The second-order valence-electron chi connectivity index (χ2n) is 2.23. The number of hydrogen-bond acceptors (Lipinski definition) is 1. The van der Waals surface area contributed by atoms with Crippen LogP contribution in [0.15, 0.2) is 12.7 Å². The predicted octanol–water partition coefficient (Wildman–Crippen LogP) is 1.73. The Morgan fingerprint density at radius 3 is 2.67 bits per heavy atom. The molecule has 0 aromatic heterocycles. The van der Waals surface area contributed by atoms with Gasteiger partial charge in [-0.1, -0.05) is 6.08 Å². The number of likely N-dealkylation sites (N-methyl/N-ethyl adjacent to an activating group) is 1. The van der Waals surface area contributed by atoms with Gasteiger partial charge in [-0.2, -0.15) is 0 Å². The number of rotatable bonds is 4. The molecule has 1 nitrogen and oxygen atoms in total. The van der Waals surface area contributed by atoms with Crippen LogP contribution in [0.1, 0.15) is 6.92 Å². The molecule has 0 aromatic carbocycles. The zero-order valence-corrected chi connectivity index (χ0v) is 6.86. The van der Waals surface area contributed by atoms with Gasteiger partial charge in [0.15, 0.2) is 0 Å². The smallest absolute Gasteiger partial charge is 0.0376 e. The Morgan fingerprint density at radius 1 is 1.78 bits per heavy atom. The zero-order valence-electron chi connectivity index (χ0n) is 6.10. The lowest BCUT2D eigenvalue weighted by atomic mass is 10.3. The van der Waals surface area contributed by atoms with E-state index in [9.17, 15) is 0 Å². The lowest BCUT2D eigenvalue weighted by Gasteiger charge is -2.20. The Hall–Kier alpha value is -0.0100. The molecule has 54 valence electrons. The fourth-order valence-corrected chi connectivity index (χ4v) is 0.737. The minimum atomic E-state index is 0.449. The maximum Gasteiger partial charge on any atom is 0.0376 e. The van der Waals surface area contributed by atoms with Crippen molar-refractivity contribution in [1.82, 2.24) is 4.90 Å². The van der Waals surface area contributed by atoms with E-state index >= 15 is 0 Å². The van der Waals surface area contributed by atoms with Crippen molar-refractivity contribution in [3.05, 3.63) is 12.7 Å². The molecule has 0 bridgehead atoms. The van der Waals surface area contributed by atoms with E-state index in [4.69, 9.17) is 11.6 Å². The highest BCUT2D eigenvalue weighted by Crippen LogP contribution is 1.96. The van der Waals surface area contributed by atoms with Gasteiger partial charge in [-0.25, -0.2) is 0 Å². The number of hydrogen-bond donors (Lipinski definition) is 0. The largest absolute Gasteiger partial charge is 0.299 e. The van der Waals surface area contributed by atoms with E-state index < -0.39 is 0 Å². The van der Waals surface area contributed by atoms with Crippen molar-refractivity contribution < 1.29 is 0 Å². The molecular weight excluding hydrogens is 134 g/mol. The van der Waals surface area contributed by atoms with Gasteiger partial charge in [0.1, 0.15) is 0 Å². The third-order valence-electron chi connectivity index (χ3n) is 1.39. The normalized spacial score (nSPS) is 13.8. The Kier molecular flexibility index (Phi) is 4.83. The van der Waals surface area contributed by atoms with Gasteiger partial charge in [-0.3, -0.25) is 4.90 Å². The van der Waals surface area contributed by atoms with Gasteiger partial charge in [0.2, 0.25) is 0 Å². The molecule has 0 aliphatic carbocycles. The van der Waals surface area contributed by atoms with Crippen LogP contribution in [0, 0.1) is 0 Å². The molecule has 0 radical (unpaired) electrons. The van der Waals surface area contributed by atoms with E-state index in [0.29, 0.717) is 11.9 Å². The topological polar surface area (TPSA) is 3.24 Å². The van der Waals surface area contributed by atoms with Crippen molar-refractivity contribution in [3.63, 3.8) is 0 Å². The summed E-state index contributed by atoms with van der Waals surface area (Å²) in [5.41, 5.74) is 0. The van der Waals surface area contributed by atoms with Crippen LogP contribution in [0.3, 0.4) is 0 Å². The Bertz CT molecular complexity index is 83.0. The molecule has 0 heterocycles. The molecule has 0 aliphatic rings. The first kappa shape index (κ1) is 8.99. The number of alkyl halides is 1. The maximum atomic E-state index is 5.61. The predicted molar refractivity (Wildman–Crippen MR) is 43.0 cm³/mol. The van der Waals surface area contributed by atoms with Crippen LogP contribution in [-0.2, 0) is 0 Å². The SMILES string of the molecule is C=CCN(C)C(C)CCl. The van der Waals surface area contributed by atoms with Crippen LogP contribution in [0.5, 0.6) is 0 Å². The van der Waals surface area contributed by atoms with Crippen LogP contribution in [0.4, 0.5) is 0 Å². The molecule has 0 saturated carbocycles. The summed E-state index contributed by atoms with van der Waals surface area (Å²) in [6, 6.07) is 0.449. The third-order valence-corrected chi connectivity index (χ3v) is 1.84. The van der Waals surface area contributed by atoms with Gasteiger partial charge < -0.3 is 0 Å². The fourth-order valence-electron chi connectivity index (χ4n) is 0.501. The summed E-state index contributed by atoms with van der Waals surface area (Å²) < 4.78 is 0. The average molecular weight is 148 g/mol. The highest BCUT2D eigenvalue weighted by Gasteiger charge is 2.03. The van der Waals surface area contributed by atoms with Gasteiger partial charge in [0.25, 0.3) is 0 Å². The first-order valence-corrected chi connectivity index (χ1v) is 3.63. The van der Waals surface area contributed by atoms with Gasteiger partial charge in [0.05, 0.1) is 0 Å². The van der Waals surface area contributed by atoms with Gasteiger partial charge in [-0.15, -0.1) is 18.2 Å². The Morgan fingerprint density at radius 2 is 2.33 bits per heavy atom. The van der Waals surface area contributed by atoms with Crippen LogP contribution in [0.2, 0.25) is 0 Å². The first-order chi connectivity index (χ1) is 4.22. The van der Waals surface area contributed by atoms with E-state index in [0.717, 1.165) is 6.54 Å². The van der Waals surface area contributed by atoms with E-state index in [1.807, 2.05) is 13.1 Å². The van der Waals surface area contributed by atoms with Crippen molar-refractivity contribution in [1.29, 1.82) is 0 Å². The monoisotopic (exact) mass is 147 g/mol. The van der Waals surface area contributed by atoms with Crippen molar-refractivity contribution in [2.75, 3.05) is 19.5 Å². The van der Waals surface area contributed by atoms with Gasteiger partial charge >= 0.3 is 0 Å². The highest BCUT2D eigenvalue weighted by molar-refractivity contribution is 6.18.